The Bertz CT molecular complexity index is 1080. The van der Waals surface area contributed by atoms with Crippen LogP contribution in [0.15, 0.2) is 72.8 Å². The first-order valence-electron chi connectivity index (χ1n) is 9.45. The van der Waals surface area contributed by atoms with E-state index in [0.29, 0.717) is 17.2 Å². The third kappa shape index (κ3) is 6.49. The van der Waals surface area contributed by atoms with Gasteiger partial charge >= 0.3 is 6.18 Å². The van der Waals surface area contributed by atoms with E-state index in [1.807, 2.05) is 18.2 Å². The molecule has 6 nitrogen and oxygen atoms in total. The molecule has 2 amide bonds. The summed E-state index contributed by atoms with van der Waals surface area (Å²) in [6, 6.07) is 18.7. The van der Waals surface area contributed by atoms with Gasteiger partial charge in [0.05, 0.1) is 11.3 Å². The quantitative estimate of drug-likeness (QED) is 0.507. The minimum Gasteiger partial charge on any atom is -0.484 e. The molecular formula is C23H19F3N2O4. The van der Waals surface area contributed by atoms with Gasteiger partial charge in [0.2, 0.25) is 5.91 Å². The highest BCUT2D eigenvalue weighted by atomic mass is 19.4. The van der Waals surface area contributed by atoms with E-state index in [1.54, 1.807) is 36.4 Å². The second-order valence-corrected chi connectivity index (χ2v) is 6.66. The molecule has 9 heteroatoms. The molecule has 0 fully saturated rings. The van der Waals surface area contributed by atoms with Crippen molar-refractivity contribution >= 4 is 23.2 Å². The number of para-hydroxylation sites is 1. The SMILES string of the molecule is CC(=O)Nc1ccc(NC(=O)COc2ccc(Oc3ccccc3)cc2)c(C(F)(F)F)c1. The minimum atomic E-state index is -4.73. The first-order valence-corrected chi connectivity index (χ1v) is 9.45. The summed E-state index contributed by atoms with van der Waals surface area (Å²) in [7, 11) is 0. The van der Waals surface area contributed by atoms with Crippen LogP contribution in [0.1, 0.15) is 12.5 Å². The highest BCUT2D eigenvalue weighted by molar-refractivity contribution is 5.94. The van der Waals surface area contributed by atoms with Gasteiger partial charge in [0.1, 0.15) is 17.2 Å². The molecule has 0 heterocycles. The van der Waals surface area contributed by atoms with Crippen LogP contribution in [0.25, 0.3) is 0 Å². The molecule has 3 rings (SSSR count). The normalized spacial score (nSPS) is 10.9. The summed E-state index contributed by atoms with van der Waals surface area (Å²) in [5, 5.41) is 4.47. The molecule has 0 unspecified atom stereocenters. The topological polar surface area (TPSA) is 76.7 Å². The number of halogens is 3. The standard InChI is InChI=1S/C23H19F3N2O4/c1-15(29)27-16-7-12-21(20(13-16)23(24,25)26)28-22(30)14-31-17-8-10-19(11-9-17)32-18-5-3-2-4-6-18/h2-13H,14H2,1H3,(H,27,29)(H,28,30). The van der Waals surface area contributed by atoms with Gasteiger partial charge in [-0.05, 0) is 54.6 Å². The highest BCUT2D eigenvalue weighted by Gasteiger charge is 2.34. The van der Waals surface area contributed by atoms with Crippen LogP contribution in [-0.4, -0.2) is 18.4 Å². The zero-order valence-corrected chi connectivity index (χ0v) is 16.9. The van der Waals surface area contributed by atoms with Crippen molar-refractivity contribution in [1.82, 2.24) is 0 Å². The Kier molecular flexibility index (Phi) is 6.99. The molecule has 0 saturated carbocycles. The number of ether oxygens (including phenoxy) is 2. The van der Waals surface area contributed by atoms with E-state index in [1.165, 1.54) is 13.0 Å². The van der Waals surface area contributed by atoms with Crippen molar-refractivity contribution in [3.05, 3.63) is 78.4 Å². The number of carbonyl (C=O) groups is 2. The predicted molar refractivity (Wildman–Crippen MR) is 113 cm³/mol. The van der Waals surface area contributed by atoms with Gasteiger partial charge in [-0.15, -0.1) is 0 Å². The van der Waals surface area contributed by atoms with Crippen molar-refractivity contribution in [2.75, 3.05) is 17.2 Å². The van der Waals surface area contributed by atoms with E-state index in [-0.39, 0.29) is 5.69 Å². The largest absolute Gasteiger partial charge is 0.484 e. The summed E-state index contributed by atoms with van der Waals surface area (Å²) in [5.41, 5.74) is -1.55. The van der Waals surface area contributed by atoms with E-state index >= 15 is 0 Å². The lowest BCUT2D eigenvalue weighted by atomic mass is 10.1. The van der Waals surface area contributed by atoms with Gasteiger partial charge < -0.3 is 20.1 Å². The lowest BCUT2D eigenvalue weighted by Crippen LogP contribution is -2.22. The van der Waals surface area contributed by atoms with Crippen molar-refractivity contribution in [1.29, 1.82) is 0 Å². The molecule has 0 radical (unpaired) electrons. The van der Waals surface area contributed by atoms with Crippen LogP contribution < -0.4 is 20.1 Å². The van der Waals surface area contributed by atoms with Gasteiger partial charge in [0.25, 0.3) is 5.91 Å². The summed E-state index contributed by atoms with van der Waals surface area (Å²) in [4.78, 5) is 23.2. The summed E-state index contributed by atoms with van der Waals surface area (Å²) in [5.74, 6) is 0.279. The first kappa shape index (κ1) is 22.7. The van der Waals surface area contributed by atoms with E-state index in [0.717, 1.165) is 12.1 Å². The maximum Gasteiger partial charge on any atom is 0.418 e. The molecule has 0 aromatic heterocycles. The van der Waals surface area contributed by atoms with Crippen molar-refractivity contribution in [2.24, 2.45) is 0 Å². The van der Waals surface area contributed by atoms with Crippen LogP contribution in [-0.2, 0) is 15.8 Å². The molecule has 3 aromatic carbocycles. The maximum absolute atomic E-state index is 13.4. The molecule has 0 atom stereocenters. The van der Waals surface area contributed by atoms with Gasteiger partial charge in [-0.3, -0.25) is 9.59 Å². The Hall–Kier alpha value is -4.01. The molecule has 32 heavy (non-hydrogen) atoms. The molecule has 0 saturated heterocycles. The zero-order chi connectivity index (χ0) is 23.1. The molecule has 2 N–H and O–H groups in total. The number of alkyl halides is 3. The fourth-order valence-electron chi connectivity index (χ4n) is 2.73. The van der Waals surface area contributed by atoms with Crippen molar-refractivity contribution in [2.45, 2.75) is 13.1 Å². The zero-order valence-electron chi connectivity index (χ0n) is 16.9. The third-order valence-corrected chi connectivity index (χ3v) is 4.09. The van der Waals surface area contributed by atoms with Gasteiger partial charge in [-0.2, -0.15) is 13.2 Å². The minimum absolute atomic E-state index is 0.0307. The summed E-state index contributed by atoms with van der Waals surface area (Å²) < 4.78 is 51.1. The van der Waals surface area contributed by atoms with Crippen LogP contribution in [0.2, 0.25) is 0 Å². The molecule has 3 aromatic rings. The Morgan fingerprint density at radius 2 is 1.47 bits per heavy atom. The molecular weight excluding hydrogens is 425 g/mol. The highest BCUT2D eigenvalue weighted by Crippen LogP contribution is 2.36. The Morgan fingerprint density at radius 3 is 2.09 bits per heavy atom. The number of hydrogen-bond acceptors (Lipinski definition) is 4. The van der Waals surface area contributed by atoms with E-state index in [2.05, 4.69) is 10.6 Å². The summed E-state index contributed by atoms with van der Waals surface area (Å²) in [6.45, 7) is 0.685. The molecule has 0 aliphatic heterocycles. The molecule has 0 aliphatic rings. The summed E-state index contributed by atoms with van der Waals surface area (Å²) in [6.07, 6.45) is -4.73. The second-order valence-electron chi connectivity index (χ2n) is 6.66. The van der Waals surface area contributed by atoms with E-state index in [9.17, 15) is 22.8 Å². The third-order valence-electron chi connectivity index (χ3n) is 4.09. The predicted octanol–water partition coefficient (Wildman–Crippen LogP) is 5.47. The smallest absolute Gasteiger partial charge is 0.418 e. The molecule has 0 aliphatic carbocycles. The summed E-state index contributed by atoms with van der Waals surface area (Å²) >= 11 is 0. The van der Waals surface area contributed by atoms with Crippen molar-refractivity contribution < 1.29 is 32.2 Å². The number of hydrogen-bond donors (Lipinski definition) is 2. The number of anilines is 2. The van der Waals surface area contributed by atoms with Crippen LogP contribution in [0.5, 0.6) is 17.2 Å². The van der Waals surface area contributed by atoms with Crippen LogP contribution in [0, 0.1) is 0 Å². The van der Waals surface area contributed by atoms with Crippen LogP contribution in [0.3, 0.4) is 0 Å². The number of benzene rings is 3. The molecule has 166 valence electrons. The van der Waals surface area contributed by atoms with Crippen LogP contribution in [0.4, 0.5) is 24.5 Å². The van der Waals surface area contributed by atoms with E-state index in [4.69, 9.17) is 9.47 Å². The Balaban J connectivity index is 1.60. The monoisotopic (exact) mass is 444 g/mol. The van der Waals surface area contributed by atoms with Gasteiger partial charge in [0, 0.05) is 12.6 Å². The van der Waals surface area contributed by atoms with Crippen LogP contribution >= 0.6 is 0 Å². The van der Waals surface area contributed by atoms with Gasteiger partial charge in [-0.1, -0.05) is 18.2 Å². The average Bonchev–Trinajstić information content (AvgIpc) is 2.74. The van der Waals surface area contributed by atoms with Crippen molar-refractivity contribution in [3.8, 4) is 17.2 Å². The molecule has 0 bridgehead atoms. The maximum atomic E-state index is 13.4. The number of rotatable bonds is 7. The lowest BCUT2D eigenvalue weighted by Gasteiger charge is -2.16. The Morgan fingerprint density at radius 1 is 0.844 bits per heavy atom. The van der Waals surface area contributed by atoms with Crippen molar-refractivity contribution in [3.63, 3.8) is 0 Å². The van der Waals surface area contributed by atoms with E-state index < -0.39 is 35.8 Å². The average molecular weight is 444 g/mol. The fourth-order valence-corrected chi connectivity index (χ4v) is 2.73. The number of carbonyl (C=O) groups excluding carboxylic acids is 2. The Labute approximate surface area is 182 Å². The lowest BCUT2D eigenvalue weighted by molar-refractivity contribution is -0.137. The molecule has 0 spiro atoms. The van der Waals surface area contributed by atoms with Gasteiger partial charge in [-0.25, -0.2) is 0 Å². The number of amides is 2. The van der Waals surface area contributed by atoms with Gasteiger partial charge in [0.15, 0.2) is 6.61 Å². The second kappa shape index (κ2) is 9.86. The number of nitrogens with one attached hydrogen (secondary N) is 2. The first-order chi connectivity index (χ1) is 15.2. The fraction of sp³-hybridized carbons (Fsp3) is 0.130.